The Morgan fingerprint density at radius 2 is 1.85 bits per heavy atom. The predicted octanol–water partition coefficient (Wildman–Crippen LogP) is 1.20. The highest BCUT2D eigenvalue weighted by molar-refractivity contribution is 5.77. The second kappa shape index (κ2) is 10.6. The third-order valence-corrected chi connectivity index (χ3v) is 5.65. The van der Waals surface area contributed by atoms with Crippen LogP contribution in [0.4, 0.5) is 0 Å². The highest BCUT2D eigenvalue weighted by Crippen LogP contribution is 2.19. The van der Waals surface area contributed by atoms with Crippen LogP contribution in [0.3, 0.4) is 0 Å². The van der Waals surface area contributed by atoms with Gasteiger partial charge in [-0.05, 0) is 50.0 Å². The van der Waals surface area contributed by atoms with E-state index in [1.165, 1.54) is 4.80 Å². The van der Waals surface area contributed by atoms with Crippen LogP contribution < -0.4 is 5.32 Å². The zero-order valence-electron chi connectivity index (χ0n) is 18.1. The number of nitrogens with zero attached hydrogens (tertiary/aromatic N) is 7. The van der Waals surface area contributed by atoms with Crippen molar-refractivity contribution in [2.45, 2.75) is 25.9 Å². The molecule has 0 spiro atoms. The molecule has 0 radical (unpaired) electrons. The first-order valence-corrected chi connectivity index (χ1v) is 10.8. The van der Waals surface area contributed by atoms with Crippen LogP contribution in [0.5, 0.6) is 0 Å². The molecule has 3 aromatic heterocycles. The molecule has 4 heterocycles. The molecule has 11 heteroatoms. The van der Waals surface area contributed by atoms with Crippen molar-refractivity contribution in [1.29, 1.82) is 0 Å². The van der Waals surface area contributed by atoms with Crippen molar-refractivity contribution >= 4 is 29.1 Å². The normalized spacial score (nSPS) is 14.7. The van der Waals surface area contributed by atoms with Gasteiger partial charge in [-0.1, -0.05) is 12.1 Å². The number of aromatic nitrogens is 6. The lowest BCUT2D eigenvalue weighted by Crippen LogP contribution is -2.39. The van der Waals surface area contributed by atoms with Crippen LogP contribution in [0.15, 0.2) is 48.9 Å². The Labute approximate surface area is 190 Å². The highest BCUT2D eigenvalue weighted by Gasteiger charge is 2.21. The molecular formula is C22H26N8O3. The van der Waals surface area contributed by atoms with E-state index < -0.39 is 0 Å². The number of carbonyl (C=O) groups excluding carboxylic acids is 1. The molecule has 0 bridgehead atoms. The maximum absolute atomic E-state index is 12.3. The minimum atomic E-state index is -0.250. The van der Waals surface area contributed by atoms with Gasteiger partial charge in [-0.15, -0.1) is 0 Å². The van der Waals surface area contributed by atoms with Crippen LogP contribution in [0.2, 0.25) is 0 Å². The van der Waals surface area contributed by atoms with Gasteiger partial charge in [-0.2, -0.15) is 20.1 Å². The molecule has 5 rings (SSSR count). The number of carboxylic acid groups (broad SMARTS) is 1. The minimum absolute atomic E-state index is 0.0461. The largest absolute Gasteiger partial charge is 0.483 e. The van der Waals surface area contributed by atoms with Crippen LogP contribution in [0, 0.1) is 5.92 Å². The molecule has 172 valence electrons. The molecule has 11 nitrogen and oxygen atoms in total. The summed E-state index contributed by atoms with van der Waals surface area (Å²) in [5.74, 6) is 0.451. The molecule has 33 heavy (non-hydrogen) atoms. The van der Waals surface area contributed by atoms with Gasteiger partial charge < -0.3 is 10.4 Å². The lowest BCUT2D eigenvalue weighted by atomic mass is 9.96. The summed E-state index contributed by atoms with van der Waals surface area (Å²) in [6.07, 6.45) is 7.76. The molecule has 1 amide bonds. The molecule has 1 saturated heterocycles. The first-order chi connectivity index (χ1) is 16.2. The summed E-state index contributed by atoms with van der Waals surface area (Å²) in [5.41, 5.74) is 3.69. The van der Waals surface area contributed by atoms with Crippen LogP contribution in [-0.2, 0) is 22.7 Å². The van der Waals surface area contributed by atoms with Gasteiger partial charge in [0.2, 0.25) is 5.91 Å². The third-order valence-electron chi connectivity index (χ3n) is 5.65. The number of likely N-dealkylation sites (tertiary alicyclic amines) is 1. The summed E-state index contributed by atoms with van der Waals surface area (Å²) < 4.78 is 1.81. The second-order valence-corrected chi connectivity index (χ2v) is 7.91. The Kier molecular flexibility index (Phi) is 7.20. The van der Waals surface area contributed by atoms with E-state index in [9.17, 15) is 4.79 Å². The molecule has 1 aromatic carbocycles. The second-order valence-electron chi connectivity index (χ2n) is 7.91. The Morgan fingerprint density at radius 3 is 2.55 bits per heavy atom. The lowest BCUT2D eigenvalue weighted by Gasteiger charge is -2.31. The van der Waals surface area contributed by atoms with Crippen molar-refractivity contribution in [2.75, 3.05) is 19.6 Å². The van der Waals surface area contributed by atoms with Gasteiger partial charge >= 0.3 is 0 Å². The quantitative estimate of drug-likeness (QED) is 0.419. The van der Waals surface area contributed by atoms with Gasteiger partial charge in [0.25, 0.3) is 6.47 Å². The summed E-state index contributed by atoms with van der Waals surface area (Å²) in [5, 5.41) is 23.0. The summed E-state index contributed by atoms with van der Waals surface area (Å²) in [6, 6.07) is 9.51. The molecule has 0 unspecified atom stereocenters. The lowest BCUT2D eigenvalue weighted by molar-refractivity contribution is -0.123. The fourth-order valence-corrected chi connectivity index (χ4v) is 3.99. The number of hydrogen-bond acceptors (Lipinski definition) is 7. The van der Waals surface area contributed by atoms with Crippen molar-refractivity contribution < 1.29 is 14.7 Å². The molecule has 0 atom stereocenters. The summed E-state index contributed by atoms with van der Waals surface area (Å²) >= 11 is 0. The Morgan fingerprint density at radius 1 is 1.15 bits per heavy atom. The summed E-state index contributed by atoms with van der Waals surface area (Å²) in [6.45, 7) is 3.48. The van der Waals surface area contributed by atoms with E-state index in [-0.39, 0.29) is 18.9 Å². The van der Waals surface area contributed by atoms with Crippen LogP contribution in [0.1, 0.15) is 18.4 Å². The average molecular weight is 451 g/mol. The first-order valence-electron chi connectivity index (χ1n) is 10.8. The topological polar surface area (TPSA) is 131 Å². The minimum Gasteiger partial charge on any atom is -0.483 e. The average Bonchev–Trinajstić information content (AvgIpc) is 3.43. The Balaban J connectivity index is 0.000000821. The zero-order valence-corrected chi connectivity index (χ0v) is 18.1. The molecule has 2 N–H and O–H groups in total. The number of rotatable bonds is 6. The first kappa shape index (κ1) is 22.3. The van der Waals surface area contributed by atoms with E-state index in [1.807, 2.05) is 47.2 Å². The molecule has 1 fully saturated rings. The van der Waals surface area contributed by atoms with E-state index in [4.69, 9.17) is 9.90 Å². The molecular weight excluding hydrogens is 424 g/mol. The van der Waals surface area contributed by atoms with Crippen molar-refractivity contribution in [3.8, 4) is 0 Å². The third kappa shape index (κ3) is 5.69. The number of hydrogen-bond donors (Lipinski definition) is 2. The molecule has 0 aliphatic carbocycles. The van der Waals surface area contributed by atoms with Crippen LogP contribution >= 0.6 is 0 Å². The maximum Gasteiger partial charge on any atom is 0.290 e. The van der Waals surface area contributed by atoms with Gasteiger partial charge in [0.05, 0.1) is 6.20 Å². The number of piperidine rings is 1. The number of nitrogens with one attached hydrogen (secondary N) is 1. The standard InChI is InChI=1S/C21H24N8O.CH2O2/c30-20(15-29-25-18-4-1-2-5-19(18)26-29)23-12-16-6-10-27(11-7-16)14-17-13-24-28-9-3-8-22-21(17)28;2-1-3/h1-5,8-9,13,16H,6-7,10-12,14-15H2,(H,23,30);1H,(H,2,3). The van der Waals surface area contributed by atoms with Crippen molar-refractivity contribution in [2.24, 2.45) is 5.92 Å². The molecule has 0 saturated carbocycles. The zero-order chi connectivity index (χ0) is 23.0. The molecule has 4 aromatic rings. The van der Waals surface area contributed by atoms with Crippen LogP contribution in [0.25, 0.3) is 16.7 Å². The fourth-order valence-electron chi connectivity index (χ4n) is 3.99. The van der Waals surface area contributed by atoms with E-state index in [2.05, 4.69) is 30.5 Å². The Hall–Kier alpha value is -3.86. The van der Waals surface area contributed by atoms with Gasteiger partial charge in [-0.3, -0.25) is 14.5 Å². The number of amides is 1. The fraction of sp³-hybridized carbons (Fsp3) is 0.364. The monoisotopic (exact) mass is 450 g/mol. The number of carbonyl (C=O) groups is 2. The van der Waals surface area contributed by atoms with Crippen LogP contribution in [-0.4, -0.2) is 71.6 Å². The Bertz CT molecular complexity index is 1180. The van der Waals surface area contributed by atoms with Crippen molar-refractivity contribution in [3.05, 3.63) is 54.5 Å². The van der Waals surface area contributed by atoms with E-state index in [0.717, 1.165) is 54.7 Å². The van der Waals surface area contributed by atoms with Crippen molar-refractivity contribution in [1.82, 2.24) is 39.8 Å². The number of benzene rings is 1. The smallest absolute Gasteiger partial charge is 0.290 e. The van der Waals surface area contributed by atoms with E-state index in [0.29, 0.717) is 12.5 Å². The summed E-state index contributed by atoms with van der Waals surface area (Å²) in [7, 11) is 0. The van der Waals surface area contributed by atoms with E-state index >= 15 is 0 Å². The van der Waals surface area contributed by atoms with Gasteiger partial charge in [-0.25, -0.2) is 9.50 Å². The SMILES string of the molecule is O=C(Cn1nc2ccccc2n1)NCC1CCN(Cc2cnn3cccnc23)CC1.O=CO. The van der Waals surface area contributed by atoms with Crippen molar-refractivity contribution in [3.63, 3.8) is 0 Å². The maximum atomic E-state index is 12.3. The highest BCUT2D eigenvalue weighted by atomic mass is 16.3. The predicted molar refractivity (Wildman–Crippen MR) is 120 cm³/mol. The van der Waals surface area contributed by atoms with Gasteiger partial charge in [0.1, 0.15) is 17.6 Å². The number of fused-ring (bicyclic) bond motifs is 2. The molecule has 1 aliphatic rings. The van der Waals surface area contributed by atoms with Gasteiger partial charge in [0, 0.05) is 31.0 Å². The molecule has 1 aliphatic heterocycles. The van der Waals surface area contributed by atoms with Gasteiger partial charge in [0.15, 0.2) is 5.65 Å². The summed E-state index contributed by atoms with van der Waals surface area (Å²) in [4.78, 5) is 29.0. The van der Waals surface area contributed by atoms with E-state index in [1.54, 1.807) is 6.20 Å².